The van der Waals surface area contributed by atoms with Gasteiger partial charge in [0.05, 0.1) is 20.3 Å². The van der Waals surface area contributed by atoms with Crippen molar-refractivity contribution in [3.05, 3.63) is 24.3 Å². The Morgan fingerprint density at radius 2 is 1.97 bits per heavy atom. The SMILES string of the molecule is CCNC(=NCC(C)CSc1ccccc1OC)NCC(C)N1CCOCC1.I. The second-order valence-corrected chi connectivity index (χ2v) is 8.23. The van der Waals surface area contributed by atoms with Gasteiger partial charge in [0.2, 0.25) is 0 Å². The van der Waals surface area contributed by atoms with Crippen LogP contribution in [0.25, 0.3) is 0 Å². The third-order valence-electron chi connectivity index (χ3n) is 4.73. The summed E-state index contributed by atoms with van der Waals surface area (Å²) in [6.45, 7) is 12.8. The lowest BCUT2D eigenvalue weighted by molar-refractivity contribution is 0.0211. The average molecular weight is 537 g/mol. The highest BCUT2D eigenvalue weighted by atomic mass is 127. The van der Waals surface area contributed by atoms with Gasteiger partial charge in [-0.25, -0.2) is 0 Å². The zero-order valence-corrected chi connectivity index (χ0v) is 21.3. The lowest BCUT2D eigenvalue weighted by Gasteiger charge is -2.32. The molecule has 0 aromatic heterocycles. The molecular formula is C21H37IN4O2S. The van der Waals surface area contributed by atoms with E-state index in [1.54, 1.807) is 7.11 Å². The fraction of sp³-hybridized carbons (Fsp3) is 0.667. The van der Waals surface area contributed by atoms with Crippen LogP contribution in [0.2, 0.25) is 0 Å². The van der Waals surface area contributed by atoms with Crippen molar-refractivity contribution in [2.45, 2.75) is 31.7 Å². The number of methoxy groups -OCH3 is 1. The van der Waals surface area contributed by atoms with Gasteiger partial charge in [0.15, 0.2) is 5.96 Å². The van der Waals surface area contributed by atoms with Crippen molar-refractivity contribution in [2.75, 3.05) is 58.8 Å². The van der Waals surface area contributed by atoms with Crippen LogP contribution in [0.15, 0.2) is 34.2 Å². The molecule has 0 bridgehead atoms. The monoisotopic (exact) mass is 536 g/mol. The van der Waals surface area contributed by atoms with E-state index in [0.717, 1.165) is 63.4 Å². The summed E-state index contributed by atoms with van der Waals surface area (Å²) in [4.78, 5) is 8.44. The summed E-state index contributed by atoms with van der Waals surface area (Å²) >= 11 is 1.83. The number of nitrogens with one attached hydrogen (secondary N) is 2. The summed E-state index contributed by atoms with van der Waals surface area (Å²) in [6, 6.07) is 8.64. The summed E-state index contributed by atoms with van der Waals surface area (Å²) in [7, 11) is 1.72. The Balaban J connectivity index is 0.00000420. The fourth-order valence-electron chi connectivity index (χ4n) is 3.00. The Morgan fingerprint density at radius 3 is 2.66 bits per heavy atom. The van der Waals surface area contributed by atoms with E-state index in [0.29, 0.717) is 12.0 Å². The molecule has 0 radical (unpaired) electrons. The van der Waals surface area contributed by atoms with Crippen LogP contribution >= 0.6 is 35.7 Å². The van der Waals surface area contributed by atoms with E-state index >= 15 is 0 Å². The Kier molecular flexibility index (Phi) is 13.7. The summed E-state index contributed by atoms with van der Waals surface area (Å²) in [5.74, 6) is 3.32. The van der Waals surface area contributed by atoms with Gasteiger partial charge in [-0.2, -0.15) is 0 Å². The molecule has 2 unspecified atom stereocenters. The molecule has 2 rings (SSSR count). The van der Waals surface area contributed by atoms with Crippen molar-refractivity contribution < 1.29 is 9.47 Å². The molecule has 2 N–H and O–H groups in total. The van der Waals surface area contributed by atoms with E-state index in [1.807, 2.05) is 23.9 Å². The predicted molar refractivity (Wildman–Crippen MR) is 134 cm³/mol. The first-order chi connectivity index (χ1) is 13.6. The normalized spacial score (nSPS) is 17.2. The van der Waals surface area contributed by atoms with Crippen molar-refractivity contribution in [1.29, 1.82) is 0 Å². The number of rotatable bonds is 10. The third kappa shape index (κ3) is 9.76. The van der Waals surface area contributed by atoms with Crippen molar-refractivity contribution in [3.63, 3.8) is 0 Å². The molecule has 29 heavy (non-hydrogen) atoms. The number of nitrogens with zero attached hydrogens (tertiary/aromatic N) is 2. The molecule has 2 atom stereocenters. The van der Waals surface area contributed by atoms with Gasteiger partial charge in [-0.05, 0) is 31.9 Å². The molecule has 0 aliphatic carbocycles. The molecule has 1 aromatic rings. The number of thioether (sulfide) groups is 1. The molecule has 1 aromatic carbocycles. The molecule has 6 nitrogen and oxygen atoms in total. The largest absolute Gasteiger partial charge is 0.496 e. The fourth-order valence-corrected chi connectivity index (χ4v) is 4.04. The number of ether oxygens (including phenoxy) is 2. The van der Waals surface area contributed by atoms with Crippen LogP contribution in [0.3, 0.4) is 0 Å². The zero-order valence-electron chi connectivity index (χ0n) is 18.1. The lowest BCUT2D eigenvalue weighted by atomic mass is 10.2. The van der Waals surface area contributed by atoms with Gasteiger partial charge in [0.25, 0.3) is 0 Å². The summed E-state index contributed by atoms with van der Waals surface area (Å²) in [5, 5.41) is 6.85. The van der Waals surface area contributed by atoms with Gasteiger partial charge in [0.1, 0.15) is 5.75 Å². The quantitative estimate of drug-likeness (QED) is 0.207. The van der Waals surface area contributed by atoms with Crippen molar-refractivity contribution in [1.82, 2.24) is 15.5 Å². The average Bonchev–Trinajstić information content (AvgIpc) is 2.74. The smallest absolute Gasteiger partial charge is 0.191 e. The van der Waals surface area contributed by atoms with Gasteiger partial charge in [-0.1, -0.05) is 19.1 Å². The Bertz CT molecular complexity index is 600. The molecule has 1 saturated heterocycles. The van der Waals surface area contributed by atoms with Gasteiger partial charge in [-0.15, -0.1) is 35.7 Å². The number of aliphatic imine (C=N–C) groups is 1. The molecule has 1 aliphatic rings. The van der Waals surface area contributed by atoms with E-state index in [4.69, 9.17) is 14.5 Å². The van der Waals surface area contributed by atoms with E-state index in [2.05, 4.69) is 48.4 Å². The predicted octanol–water partition coefficient (Wildman–Crippen LogP) is 3.32. The first-order valence-corrected chi connectivity index (χ1v) is 11.2. The second kappa shape index (κ2) is 15.1. The van der Waals surface area contributed by atoms with E-state index in [-0.39, 0.29) is 24.0 Å². The summed E-state index contributed by atoms with van der Waals surface area (Å²) in [5.41, 5.74) is 0. The molecule has 1 fully saturated rings. The lowest BCUT2D eigenvalue weighted by Crippen LogP contribution is -2.49. The van der Waals surface area contributed by atoms with Crippen LogP contribution in [0.1, 0.15) is 20.8 Å². The topological polar surface area (TPSA) is 58.1 Å². The van der Waals surface area contributed by atoms with Gasteiger partial charge in [-0.3, -0.25) is 9.89 Å². The molecule has 0 amide bonds. The van der Waals surface area contributed by atoms with Crippen molar-refractivity contribution in [2.24, 2.45) is 10.9 Å². The van der Waals surface area contributed by atoms with E-state index < -0.39 is 0 Å². The van der Waals surface area contributed by atoms with Gasteiger partial charge < -0.3 is 20.1 Å². The molecule has 0 saturated carbocycles. The van der Waals surface area contributed by atoms with Crippen LogP contribution in [0.5, 0.6) is 5.75 Å². The van der Waals surface area contributed by atoms with Crippen LogP contribution in [0, 0.1) is 5.92 Å². The van der Waals surface area contributed by atoms with Crippen LogP contribution < -0.4 is 15.4 Å². The maximum Gasteiger partial charge on any atom is 0.191 e. The molecule has 8 heteroatoms. The zero-order chi connectivity index (χ0) is 20.2. The molecule has 166 valence electrons. The Hall–Kier alpha value is -0.710. The standard InChI is InChI=1S/C21H36N4O2S.HI/c1-5-22-21(24-15-18(3)25-10-12-27-13-11-25)23-14-17(2)16-28-20-9-7-6-8-19(20)26-4;/h6-9,17-18H,5,10-16H2,1-4H3,(H2,22,23,24);1H. The molecule has 0 spiro atoms. The van der Waals surface area contributed by atoms with Gasteiger partial charge in [0, 0.05) is 49.4 Å². The molecule has 1 heterocycles. The minimum Gasteiger partial charge on any atom is -0.496 e. The summed E-state index contributed by atoms with van der Waals surface area (Å²) in [6.07, 6.45) is 0. The maximum atomic E-state index is 5.44. The number of guanidine groups is 1. The number of para-hydroxylation sites is 1. The highest BCUT2D eigenvalue weighted by molar-refractivity contribution is 14.0. The minimum absolute atomic E-state index is 0. The molecule has 1 aliphatic heterocycles. The van der Waals surface area contributed by atoms with Gasteiger partial charge >= 0.3 is 0 Å². The highest BCUT2D eigenvalue weighted by Crippen LogP contribution is 2.29. The first-order valence-electron chi connectivity index (χ1n) is 10.2. The minimum atomic E-state index is 0. The number of morpholine rings is 1. The first kappa shape index (κ1) is 26.3. The molecular weight excluding hydrogens is 499 g/mol. The van der Waals surface area contributed by atoms with Crippen LogP contribution in [0.4, 0.5) is 0 Å². The maximum absolute atomic E-state index is 5.44. The van der Waals surface area contributed by atoms with Crippen LogP contribution in [-0.2, 0) is 4.74 Å². The number of benzene rings is 1. The Labute approximate surface area is 197 Å². The van der Waals surface area contributed by atoms with E-state index in [1.165, 1.54) is 4.90 Å². The number of hydrogen-bond acceptors (Lipinski definition) is 5. The van der Waals surface area contributed by atoms with Crippen LogP contribution in [-0.4, -0.2) is 75.7 Å². The highest BCUT2D eigenvalue weighted by Gasteiger charge is 2.17. The summed E-state index contributed by atoms with van der Waals surface area (Å²) < 4.78 is 10.9. The Morgan fingerprint density at radius 1 is 1.24 bits per heavy atom. The van der Waals surface area contributed by atoms with Crippen molar-refractivity contribution >= 4 is 41.7 Å². The van der Waals surface area contributed by atoms with Crippen molar-refractivity contribution in [3.8, 4) is 5.75 Å². The van der Waals surface area contributed by atoms with E-state index in [9.17, 15) is 0 Å². The number of hydrogen-bond donors (Lipinski definition) is 2. The second-order valence-electron chi connectivity index (χ2n) is 7.16. The number of halogens is 1. The third-order valence-corrected chi connectivity index (χ3v) is 6.12.